The summed E-state index contributed by atoms with van der Waals surface area (Å²) in [6, 6.07) is 38.9. The van der Waals surface area contributed by atoms with Crippen LogP contribution in [0, 0.1) is 0 Å². The summed E-state index contributed by atoms with van der Waals surface area (Å²) in [6.45, 7) is 0. The number of pyridine rings is 1. The second kappa shape index (κ2) is 8.81. The number of para-hydroxylation sites is 1. The van der Waals surface area contributed by atoms with E-state index in [0.717, 1.165) is 65.6 Å². The molecule has 0 aliphatic carbocycles. The van der Waals surface area contributed by atoms with E-state index < -0.39 is 0 Å². The Morgan fingerprint density at radius 3 is 1.90 bits per heavy atom. The molecule has 42 heavy (non-hydrogen) atoms. The van der Waals surface area contributed by atoms with Crippen molar-refractivity contribution in [3.8, 4) is 28.7 Å². The lowest BCUT2D eigenvalue weighted by Gasteiger charge is -2.12. The fourth-order valence-electron chi connectivity index (χ4n) is 6.03. The molecule has 9 rings (SSSR count). The Hall–Kier alpha value is -5.88. The van der Waals surface area contributed by atoms with E-state index in [0.29, 0.717) is 17.6 Å². The molecule has 196 valence electrons. The fourth-order valence-corrected chi connectivity index (χ4v) is 6.03. The highest BCUT2D eigenvalue weighted by Gasteiger charge is 2.23. The lowest BCUT2D eigenvalue weighted by atomic mass is 10.1. The number of hydrogen-bond acceptors (Lipinski definition) is 5. The molecule has 4 heterocycles. The zero-order chi connectivity index (χ0) is 27.6. The van der Waals surface area contributed by atoms with Gasteiger partial charge in [-0.05, 0) is 18.2 Å². The molecule has 0 aliphatic heterocycles. The smallest absolute Gasteiger partial charge is 0.238 e. The van der Waals surface area contributed by atoms with Crippen molar-refractivity contribution in [3.05, 3.63) is 128 Å². The summed E-state index contributed by atoms with van der Waals surface area (Å²) in [6.07, 6.45) is 3.73. The van der Waals surface area contributed by atoms with Gasteiger partial charge in [-0.3, -0.25) is 9.55 Å². The summed E-state index contributed by atoms with van der Waals surface area (Å²) >= 11 is 0. The van der Waals surface area contributed by atoms with Crippen LogP contribution in [0.25, 0.3) is 83.2 Å². The van der Waals surface area contributed by atoms with Gasteiger partial charge in [0.1, 0.15) is 11.1 Å². The van der Waals surface area contributed by atoms with Gasteiger partial charge >= 0.3 is 0 Å². The van der Waals surface area contributed by atoms with Gasteiger partial charge in [0, 0.05) is 55.8 Å². The van der Waals surface area contributed by atoms with Crippen LogP contribution >= 0.6 is 0 Å². The highest BCUT2D eigenvalue weighted by Crippen LogP contribution is 2.42. The van der Waals surface area contributed by atoms with E-state index in [1.165, 1.54) is 0 Å². The van der Waals surface area contributed by atoms with Crippen LogP contribution in [0.3, 0.4) is 0 Å². The first-order valence-corrected chi connectivity index (χ1v) is 13.8. The third-order valence-electron chi connectivity index (χ3n) is 7.94. The number of hydrogen-bond donors (Lipinski definition) is 0. The van der Waals surface area contributed by atoms with E-state index in [2.05, 4.69) is 45.9 Å². The SMILES string of the molecule is c1ccc(-c2nc(-c3ccccc3)nc(-n3c4c5ccncc5ccc4c4ccc5c6ccccc6oc5c43)n2)cc1. The number of benzene rings is 5. The Morgan fingerprint density at radius 2 is 1.14 bits per heavy atom. The van der Waals surface area contributed by atoms with Gasteiger partial charge in [0.05, 0.1) is 5.52 Å². The predicted octanol–water partition coefficient (Wildman–Crippen LogP) is 8.75. The standard InChI is InChI=1S/C36H21N5O/c1-3-9-22(10-4-1)34-38-35(23-11-5-2-6-12-23)40-36(39-34)41-31-25-19-20-37-21-24(25)15-16-27(31)28-17-18-29-26-13-7-8-14-30(26)42-33(29)32(28)41/h1-21H. The zero-order valence-electron chi connectivity index (χ0n) is 22.3. The molecule has 4 aromatic heterocycles. The molecular formula is C36H21N5O. The molecule has 0 aliphatic rings. The molecule has 0 saturated heterocycles. The van der Waals surface area contributed by atoms with Gasteiger partial charge in [-0.25, -0.2) is 4.98 Å². The molecule has 0 bridgehead atoms. The number of aromatic nitrogens is 5. The van der Waals surface area contributed by atoms with Gasteiger partial charge in [0.15, 0.2) is 17.2 Å². The summed E-state index contributed by atoms with van der Waals surface area (Å²) in [5.74, 6) is 1.74. The van der Waals surface area contributed by atoms with Crippen molar-refractivity contribution in [1.29, 1.82) is 0 Å². The van der Waals surface area contributed by atoms with Crippen LogP contribution in [-0.2, 0) is 0 Å². The minimum Gasteiger partial charge on any atom is -0.454 e. The highest BCUT2D eigenvalue weighted by atomic mass is 16.3. The summed E-state index contributed by atoms with van der Waals surface area (Å²) in [4.78, 5) is 19.6. The van der Waals surface area contributed by atoms with Crippen LogP contribution in [0.1, 0.15) is 0 Å². The van der Waals surface area contributed by atoms with Crippen LogP contribution in [0.5, 0.6) is 0 Å². The number of nitrogens with zero attached hydrogens (tertiary/aromatic N) is 5. The second-order valence-electron chi connectivity index (χ2n) is 10.3. The maximum atomic E-state index is 6.59. The molecule has 0 atom stereocenters. The van der Waals surface area contributed by atoms with Gasteiger partial charge in [-0.15, -0.1) is 0 Å². The molecular weight excluding hydrogens is 518 g/mol. The van der Waals surface area contributed by atoms with Crippen molar-refractivity contribution in [1.82, 2.24) is 24.5 Å². The first-order chi connectivity index (χ1) is 20.8. The normalized spacial score (nSPS) is 11.8. The van der Waals surface area contributed by atoms with Gasteiger partial charge in [-0.2, -0.15) is 9.97 Å². The van der Waals surface area contributed by atoms with E-state index in [1.54, 1.807) is 0 Å². The highest BCUT2D eigenvalue weighted by molar-refractivity contribution is 6.25. The molecule has 0 radical (unpaired) electrons. The molecule has 0 amide bonds. The van der Waals surface area contributed by atoms with E-state index in [1.807, 2.05) is 91.3 Å². The van der Waals surface area contributed by atoms with Crippen molar-refractivity contribution in [2.75, 3.05) is 0 Å². The summed E-state index contributed by atoms with van der Waals surface area (Å²) in [7, 11) is 0. The van der Waals surface area contributed by atoms with Crippen LogP contribution in [-0.4, -0.2) is 24.5 Å². The topological polar surface area (TPSA) is 69.6 Å². The molecule has 5 aromatic carbocycles. The molecule has 0 spiro atoms. The Morgan fingerprint density at radius 1 is 0.500 bits per heavy atom. The summed E-state index contributed by atoms with van der Waals surface area (Å²) < 4.78 is 8.75. The van der Waals surface area contributed by atoms with Gasteiger partial charge in [-0.1, -0.05) is 97.1 Å². The van der Waals surface area contributed by atoms with Crippen LogP contribution in [0.2, 0.25) is 0 Å². The van der Waals surface area contributed by atoms with E-state index in [-0.39, 0.29) is 0 Å². The summed E-state index contributed by atoms with van der Waals surface area (Å²) in [5, 5.41) is 6.38. The van der Waals surface area contributed by atoms with E-state index in [4.69, 9.17) is 19.4 Å². The minimum absolute atomic E-state index is 0.528. The quantitative estimate of drug-likeness (QED) is 0.224. The van der Waals surface area contributed by atoms with Gasteiger partial charge in [0.25, 0.3) is 0 Å². The summed E-state index contributed by atoms with van der Waals surface area (Å²) in [5.41, 5.74) is 5.41. The van der Waals surface area contributed by atoms with Crippen LogP contribution in [0.15, 0.2) is 132 Å². The molecule has 0 saturated carbocycles. The maximum Gasteiger partial charge on any atom is 0.238 e. The van der Waals surface area contributed by atoms with Gasteiger partial charge in [0.2, 0.25) is 5.95 Å². The lowest BCUT2D eigenvalue weighted by Crippen LogP contribution is -2.06. The van der Waals surface area contributed by atoms with Crippen molar-refractivity contribution in [3.63, 3.8) is 0 Å². The third kappa shape index (κ3) is 3.32. The van der Waals surface area contributed by atoms with Crippen molar-refractivity contribution in [2.45, 2.75) is 0 Å². The molecule has 0 N–H and O–H groups in total. The average molecular weight is 540 g/mol. The maximum absolute atomic E-state index is 6.59. The van der Waals surface area contributed by atoms with Crippen LogP contribution in [0.4, 0.5) is 0 Å². The lowest BCUT2D eigenvalue weighted by molar-refractivity contribution is 0.670. The first kappa shape index (κ1) is 22.9. The third-order valence-corrected chi connectivity index (χ3v) is 7.94. The van der Waals surface area contributed by atoms with Crippen LogP contribution < -0.4 is 0 Å². The second-order valence-corrected chi connectivity index (χ2v) is 10.3. The Balaban J connectivity index is 1.49. The molecule has 9 aromatic rings. The number of fused-ring (bicyclic) bond motifs is 9. The first-order valence-electron chi connectivity index (χ1n) is 13.8. The molecule has 6 nitrogen and oxygen atoms in total. The van der Waals surface area contributed by atoms with Crippen molar-refractivity contribution >= 4 is 54.5 Å². The van der Waals surface area contributed by atoms with E-state index in [9.17, 15) is 0 Å². The monoisotopic (exact) mass is 539 g/mol. The Bertz CT molecular complexity index is 2400. The Labute approximate surface area is 239 Å². The predicted molar refractivity (Wildman–Crippen MR) is 168 cm³/mol. The fraction of sp³-hybridized carbons (Fsp3) is 0. The Kier molecular flexibility index (Phi) is 4.80. The van der Waals surface area contributed by atoms with Crippen molar-refractivity contribution < 1.29 is 4.42 Å². The molecule has 0 unspecified atom stereocenters. The van der Waals surface area contributed by atoms with Gasteiger partial charge < -0.3 is 4.42 Å². The van der Waals surface area contributed by atoms with Crippen molar-refractivity contribution in [2.24, 2.45) is 0 Å². The minimum atomic E-state index is 0.528. The van der Waals surface area contributed by atoms with E-state index >= 15 is 0 Å². The number of rotatable bonds is 3. The average Bonchev–Trinajstić information content (AvgIpc) is 3.62. The number of furan rings is 1. The zero-order valence-corrected chi connectivity index (χ0v) is 22.3. The largest absolute Gasteiger partial charge is 0.454 e. The molecule has 6 heteroatoms. The molecule has 0 fully saturated rings.